The van der Waals surface area contributed by atoms with Crippen LogP contribution in [-0.2, 0) is 27.3 Å². The second kappa shape index (κ2) is 10.9. The second-order valence-electron chi connectivity index (χ2n) is 5.05. The van der Waals surface area contributed by atoms with E-state index in [1.54, 1.807) is 0 Å². The normalized spacial score (nSPS) is 10.7. The first-order chi connectivity index (χ1) is 11.7. The van der Waals surface area contributed by atoms with Gasteiger partial charge in [-0.3, -0.25) is 0 Å². The molecular formula is C19H20ClNO4. The second-order valence-corrected chi connectivity index (χ2v) is 5.05. The molecule has 2 aromatic carbocycles. The molecule has 2 rings (SSSR count). The number of amides is 1. The Morgan fingerprint density at radius 1 is 1.00 bits per heavy atom. The zero-order valence-electron chi connectivity index (χ0n) is 13.6. The van der Waals surface area contributed by atoms with E-state index in [4.69, 9.17) is 9.47 Å². The van der Waals surface area contributed by atoms with Crippen LogP contribution < -0.4 is 5.32 Å². The molecule has 0 aliphatic carbocycles. The van der Waals surface area contributed by atoms with E-state index in [2.05, 4.69) is 11.9 Å². The van der Waals surface area contributed by atoms with Gasteiger partial charge in [-0.25, -0.2) is 9.59 Å². The van der Waals surface area contributed by atoms with Crippen LogP contribution in [0.15, 0.2) is 73.5 Å². The Bertz CT molecular complexity index is 676. The Kier molecular flexibility index (Phi) is 8.82. The van der Waals surface area contributed by atoms with Gasteiger partial charge in [0.05, 0.1) is 6.26 Å². The molecule has 0 spiro atoms. The van der Waals surface area contributed by atoms with Gasteiger partial charge in [0.2, 0.25) is 0 Å². The lowest BCUT2D eigenvalue weighted by molar-refractivity contribution is -0.140. The van der Waals surface area contributed by atoms with Gasteiger partial charge in [-0.1, -0.05) is 67.2 Å². The van der Waals surface area contributed by atoms with Gasteiger partial charge in [-0.05, 0) is 11.1 Å². The summed E-state index contributed by atoms with van der Waals surface area (Å²) in [6, 6.07) is 17.8. The van der Waals surface area contributed by atoms with Crippen molar-refractivity contribution in [2.75, 3.05) is 0 Å². The van der Waals surface area contributed by atoms with Gasteiger partial charge in [-0.15, -0.1) is 12.4 Å². The summed E-state index contributed by atoms with van der Waals surface area (Å²) in [7, 11) is 0. The molecule has 6 heteroatoms. The van der Waals surface area contributed by atoms with E-state index < -0.39 is 18.1 Å². The fourth-order valence-corrected chi connectivity index (χ4v) is 2.11. The van der Waals surface area contributed by atoms with Crippen LogP contribution in [0.2, 0.25) is 0 Å². The summed E-state index contributed by atoms with van der Waals surface area (Å²) in [6.45, 7) is 3.48. The number of ether oxygens (including phenoxy) is 2. The molecule has 0 heterocycles. The molecule has 0 radical (unpaired) electrons. The smallest absolute Gasteiger partial charge is 0.408 e. The fraction of sp³-hybridized carbons (Fsp3) is 0.158. The zero-order valence-corrected chi connectivity index (χ0v) is 14.4. The number of hydrogen-bond donors (Lipinski definition) is 1. The number of alkyl carbamates (subject to hydrolysis) is 1. The Morgan fingerprint density at radius 2 is 1.56 bits per heavy atom. The summed E-state index contributed by atoms with van der Waals surface area (Å²) >= 11 is 0. The predicted octanol–water partition coefficient (Wildman–Crippen LogP) is 3.63. The van der Waals surface area contributed by atoms with Crippen LogP contribution >= 0.6 is 12.4 Å². The van der Waals surface area contributed by atoms with Gasteiger partial charge < -0.3 is 14.8 Å². The number of carbonyl (C=O) groups excluding carboxylic acids is 2. The number of nitrogens with one attached hydrogen (secondary N) is 1. The lowest BCUT2D eigenvalue weighted by Crippen LogP contribution is -2.43. The largest absolute Gasteiger partial charge is 0.445 e. The molecule has 0 bridgehead atoms. The molecule has 1 atom stereocenters. The Labute approximate surface area is 153 Å². The van der Waals surface area contributed by atoms with Crippen LogP contribution in [0.4, 0.5) is 4.79 Å². The van der Waals surface area contributed by atoms with Crippen molar-refractivity contribution < 1.29 is 19.1 Å². The van der Waals surface area contributed by atoms with Crippen molar-refractivity contribution in [2.45, 2.75) is 19.1 Å². The molecule has 0 unspecified atom stereocenters. The number of hydrogen-bond acceptors (Lipinski definition) is 4. The summed E-state index contributed by atoms with van der Waals surface area (Å²) in [6.07, 6.45) is 0.659. The van der Waals surface area contributed by atoms with Gasteiger partial charge in [0, 0.05) is 6.42 Å². The third kappa shape index (κ3) is 7.10. The van der Waals surface area contributed by atoms with Crippen LogP contribution in [0.25, 0.3) is 0 Å². The highest BCUT2D eigenvalue weighted by molar-refractivity contribution is 5.85. The topological polar surface area (TPSA) is 64.6 Å². The van der Waals surface area contributed by atoms with E-state index in [9.17, 15) is 9.59 Å². The molecule has 1 N–H and O–H groups in total. The van der Waals surface area contributed by atoms with E-state index in [-0.39, 0.29) is 19.0 Å². The molecule has 5 nitrogen and oxygen atoms in total. The quantitative estimate of drug-likeness (QED) is 0.604. The summed E-state index contributed by atoms with van der Waals surface area (Å²) < 4.78 is 9.94. The van der Waals surface area contributed by atoms with Crippen molar-refractivity contribution in [3.63, 3.8) is 0 Å². The zero-order chi connectivity index (χ0) is 17.2. The third-order valence-corrected chi connectivity index (χ3v) is 3.27. The average molecular weight is 362 g/mol. The summed E-state index contributed by atoms with van der Waals surface area (Å²) in [5.41, 5.74) is 1.76. The van der Waals surface area contributed by atoms with Crippen molar-refractivity contribution in [3.05, 3.63) is 84.6 Å². The SMILES string of the molecule is C=COC(=O)[C@H](Cc1ccccc1)NC(=O)OCc1ccccc1.Cl. The van der Waals surface area contributed by atoms with Crippen molar-refractivity contribution in [2.24, 2.45) is 0 Å². The highest BCUT2D eigenvalue weighted by Gasteiger charge is 2.23. The maximum absolute atomic E-state index is 12.0. The molecule has 132 valence electrons. The number of carbonyl (C=O) groups is 2. The van der Waals surface area contributed by atoms with E-state index in [1.165, 1.54) is 0 Å². The lowest BCUT2D eigenvalue weighted by atomic mass is 10.1. The average Bonchev–Trinajstić information content (AvgIpc) is 2.61. The third-order valence-electron chi connectivity index (χ3n) is 3.27. The Morgan fingerprint density at radius 3 is 2.12 bits per heavy atom. The Balaban J connectivity index is 0.00000312. The summed E-state index contributed by atoms with van der Waals surface area (Å²) in [5.74, 6) is -0.592. The van der Waals surface area contributed by atoms with Gasteiger partial charge in [0.25, 0.3) is 0 Å². The van der Waals surface area contributed by atoms with Crippen LogP contribution in [-0.4, -0.2) is 18.1 Å². The minimum absolute atomic E-state index is 0. The summed E-state index contributed by atoms with van der Waals surface area (Å²) in [4.78, 5) is 24.0. The first-order valence-corrected chi connectivity index (χ1v) is 7.51. The molecule has 0 aliphatic rings. The van der Waals surface area contributed by atoms with Crippen molar-refractivity contribution in [1.29, 1.82) is 0 Å². The maximum Gasteiger partial charge on any atom is 0.408 e. The van der Waals surface area contributed by atoms with Gasteiger partial charge >= 0.3 is 12.1 Å². The molecule has 1 amide bonds. The Hall–Kier alpha value is -2.79. The molecular weight excluding hydrogens is 342 g/mol. The van der Waals surface area contributed by atoms with Gasteiger partial charge in [0.1, 0.15) is 12.6 Å². The molecule has 0 fully saturated rings. The van der Waals surface area contributed by atoms with Crippen LogP contribution in [0.1, 0.15) is 11.1 Å². The molecule has 0 saturated carbocycles. The van der Waals surface area contributed by atoms with Crippen LogP contribution in [0, 0.1) is 0 Å². The van der Waals surface area contributed by atoms with E-state index in [0.717, 1.165) is 17.4 Å². The highest BCUT2D eigenvalue weighted by atomic mass is 35.5. The number of benzene rings is 2. The lowest BCUT2D eigenvalue weighted by Gasteiger charge is -2.16. The number of esters is 1. The first kappa shape index (κ1) is 20.3. The van der Waals surface area contributed by atoms with Crippen molar-refractivity contribution in [1.82, 2.24) is 5.32 Å². The number of halogens is 1. The van der Waals surface area contributed by atoms with Crippen LogP contribution in [0.3, 0.4) is 0 Å². The predicted molar refractivity (Wildman–Crippen MR) is 97.2 cm³/mol. The molecule has 25 heavy (non-hydrogen) atoms. The van der Waals surface area contributed by atoms with E-state index >= 15 is 0 Å². The summed E-state index contributed by atoms with van der Waals surface area (Å²) in [5, 5.41) is 2.54. The molecule has 0 aliphatic heterocycles. The highest BCUT2D eigenvalue weighted by Crippen LogP contribution is 2.06. The molecule has 0 saturated heterocycles. The van der Waals surface area contributed by atoms with Gasteiger partial charge in [-0.2, -0.15) is 0 Å². The van der Waals surface area contributed by atoms with Crippen molar-refractivity contribution in [3.8, 4) is 0 Å². The van der Waals surface area contributed by atoms with Crippen molar-refractivity contribution >= 4 is 24.5 Å². The van der Waals surface area contributed by atoms with E-state index in [1.807, 2.05) is 60.7 Å². The standard InChI is InChI=1S/C19H19NO4.ClH/c1-2-23-18(21)17(13-15-9-5-3-6-10-15)20-19(22)24-14-16-11-7-4-8-12-16;/h2-12,17H,1,13-14H2,(H,20,22);1H/t17-;/m0./s1. The fourth-order valence-electron chi connectivity index (χ4n) is 2.11. The molecule has 2 aromatic rings. The van der Waals surface area contributed by atoms with Crippen LogP contribution in [0.5, 0.6) is 0 Å². The first-order valence-electron chi connectivity index (χ1n) is 7.51. The number of rotatable bonds is 7. The minimum Gasteiger partial charge on any atom is -0.445 e. The van der Waals surface area contributed by atoms with Gasteiger partial charge in [0.15, 0.2) is 0 Å². The minimum atomic E-state index is -0.853. The monoisotopic (exact) mass is 361 g/mol. The maximum atomic E-state index is 12.0. The van der Waals surface area contributed by atoms with E-state index in [0.29, 0.717) is 6.42 Å². The molecule has 0 aromatic heterocycles.